The molecule has 0 saturated carbocycles. The fourth-order valence-corrected chi connectivity index (χ4v) is 1.11. The maximum atomic E-state index is 10.9. The van der Waals surface area contributed by atoms with Crippen LogP contribution in [-0.4, -0.2) is 34.5 Å². The second-order valence-corrected chi connectivity index (χ2v) is 3.76. The van der Waals surface area contributed by atoms with Crippen LogP contribution in [0.3, 0.4) is 0 Å². The van der Waals surface area contributed by atoms with Gasteiger partial charge in [0, 0.05) is 5.75 Å². The summed E-state index contributed by atoms with van der Waals surface area (Å²) in [5, 5.41) is 2.50. The van der Waals surface area contributed by atoms with Gasteiger partial charge < -0.3 is 10.1 Å². The molecule has 1 aromatic rings. The summed E-state index contributed by atoms with van der Waals surface area (Å²) in [6.45, 7) is 3.93. The van der Waals surface area contributed by atoms with Gasteiger partial charge >= 0.3 is 0 Å². The standard InChI is InChI=1S/C10H13N3O2S/c1-3-9(14)13-8-6-12-10(7-11-8)15-4-5-16-2/h3,6-7H,1,4-5H2,2H3,(H,11,13,14). The van der Waals surface area contributed by atoms with Crippen LogP contribution >= 0.6 is 11.8 Å². The third-order valence-corrected chi connectivity index (χ3v) is 2.18. The van der Waals surface area contributed by atoms with Crippen molar-refractivity contribution in [2.45, 2.75) is 0 Å². The van der Waals surface area contributed by atoms with E-state index in [1.165, 1.54) is 18.5 Å². The number of carbonyl (C=O) groups is 1. The number of ether oxygens (including phenoxy) is 1. The Balaban J connectivity index is 2.47. The van der Waals surface area contributed by atoms with Gasteiger partial charge in [0.1, 0.15) is 0 Å². The quantitative estimate of drug-likeness (QED) is 0.599. The van der Waals surface area contributed by atoms with Crippen molar-refractivity contribution in [2.75, 3.05) is 23.9 Å². The van der Waals surface area contributed by atoms with E-state index in [2.05, 4.69) is 21.9 Å². The van der Waals surface area contributed by atoms with Crippen molar-refractivity contribution in [2.24, 2.45) is 0 Å². The number of hydrogen-bond acceptors (Lipinski definition) is 5. The molecule has 0 spiro atoms. The Morgan fingerprint density at radius 2 is 2.44 bits per heavy atom. The number of aromatic nitrogens is 2. The van der Waals surface area contributed by atoms with Crippen LogP contribution < -0.4 is 10.1 Å². The van der Waals surface area contributed by atoms with Gasteiger partial charge in [-0.25, -0.2) is 9.97 Å². The highest BCUT2D eigenvalue weighted by Gasteiger charge is 2.00. The van der Waals surface area contributed by atoms with E-state index in [1.54, 1.807) is 11.8 Å². The second kappa shape index (κ2) is 6.84. The minimum absolute atomic E-state index is 0.314. The summed E-state index contributed by atoms with van der Waals surface area (Å²) in [6.07, 6.45) is 6.09. The molecular formula is C10H13N3O2S. The fraction of sp³-hybridized carbons (Fsp3) is 0.300. The predicted molar refractivity (Wildman–Crippen MR) is 64.7 cm³/mol. The van der Waals surface area contributed by atoms with Crippen molar-refractivity contribution in [3.63, 3.8) is 0 Å². The Bertz CT molecular complexity index is 354. The van der Waals surface area contributed by atoms with E-state index in [0.29, 0.717) is 18.3 Å². The van der Waals surface area contributed by atoms with Gasteiger partial charge in [-0.2, -0.15) is 11.8 Å². The molecule has 16 heavy (non-hydrogen) atoms. The molecule has 6 heteroatoms. The van der Waals surface area contributed by atoms with Crippen molar-refractivity contribution in [1.82, 2.24) is 9.97 Å². The molecule has 0 saturated heterocycles. The average molecular weight is 239 g/mol. The van der Waals surface area contributed by atoms with Crippen molar-refractivity contribution < 1.29 is 9.53 Å². The largest absolute Gasteiger partial charge is 0.476 e. The van der Waals surface area contributed by atoms with Crippen LogP contribution in [0.4, 0.5) is 5.82 Å². The molecule has 1 heterocycles. The summed E-state index contributed by atoms with van der Waals surface area (Å²) in [5.74, 6) is 1.41. The van der Waals surface area contributed by atoms with Gasteiger partial charge in [-0.15, -0.1) is 0 Å². The average Bonchev–Trinajstić information content (AvgIpc) is 2.31. The molecular weight excluding hydrogens is 226 g/mol. The first-order valence-corrected chi connectivity index (χ1v) is 6.03. The monoisotopic (exact) mass is 239 g/mol. The van der Waals surface area contributed by atoms with E-state index >= 15 is 0 Å². The minimum atomic E-state index is -0.314. The van der Waals surface area contributed by atoms with Crippen molar-refractivity contribution >= 4 is 23.5 Å². The molecule has 1 amide bonds. The fourth-order valence-electron chi connectivity index (χ4n) is 0.862. The van der Waals surface area contributed by atoms with Crippen molar-refractivity contribution in [1.29, 1.82) is 0 Å². The molecule has 86 valence electrons. The smallest absolute Gasteiger partial charge is 0.248 e. The van der Waals surface area contributed by atoms with Crippen LogP contribution in [0.25, 0.3) is 0 Å². The van der Waals surface area contributed by atoms with Crippen LogP contribution in [0.5, 0.6) is 5.88 Å². The Kier molecular flexibility index (Phi) is 5.35. The van der Waals surface area contributed by atoms with Gasteiger partial charge in [0.05, 0.1) is 19.0 Å². The number of amides is 1. The zero-order chi connectivity index (χ0) is 11.8. The summed E-state index contributed by atoms with van der Waals surface area (Å²) in [6, 6.07) is 0. The SMILES string of the molecule is C=CC(=O)Nc1cnc(OCCSC)cn1. The van der Waals surface area contributed by atoms with Gasteiger partial charge in [0.15, 0.2) is 5.82 Å². The second-order valence-electron chi connectivity index (χ2n) is 2.77. The number of nitrogens with one attached hydrogen (secondary N) is 1. The number of carbonyl (C=O) groups excluding carboxylic acids is 1. The summed E-state index contributed by atoms with van der Waals surface area (Å²) in [7, 11) is 0. The first-order chi connectivity index (χ1) is 7.76. The highest BCUT2D eigenvalue weighted by Crippen LogP contribution is 2.07. The maximum absolute atomic E-state index is 10.9. The lowest BCUT2D eigenvalue weighted by Crippen LogP contribution is -2.09. The summed E-state index contributed by atoms with van der Waals surface area (Å²) >= 11 is 1.69. The predicted octanol–water partition coefficient (Wildman–Crippen LogP) is 1.34. The highest BCUT2D eigenvalue weighted by atomic mass is 32.2. The Hall–Kier alpha value is -1.56. The lowest BCUT2D eigenvalue weighted by atomic mass is 10.5. The van der Waals surface area contributed by atoms with Crippen LogP contribution in [0.1, 0.15) is 0 Å². The third kappa shape index (κ3) is 4.31. The summed E-state index contributed by atoms with van der Waals surface area (Å²) < 4.78 is 5.31. The topological polar surface area (TPSA) is 64.1 Å². The zero-order valence-electron chi connectivity index (χ0n) is 8.97. The van der Waals surface area contributed by atoms with Gasteiger partial charge in [0.2, 0.25) is 11.8 Å². The van der Waals surface area contributed by atoms with E-state index in [9.17, 15) is 4.79 Å². The maximum Gasteiger partial charge on any atom is 0.248 e. The zero-order valence-corrected chi connectivity index (χ0v) is 9.79. The molecule has 1 aromatic heterocycles. The van der Waals surface area contributed by atoms with E-state index < -0.39 is 0 Å². The molecule has 5 nitrogen and oxygen atoms in total. The van der Waals surface area contributed by atoms with E-state index in [0.717, 1.165) is 5.75 Å². The number of hydrogen-bond donors (Lipinski definition) is 1. The van der Waals surface area contributed by atoms with Gasteiger partial charge in [-0.3, -0.25) is 4.79 Å². The lowest BCUT2D eigenvalue weighted by Gasteiger charge is -2.04. The van der Waals surface area contributed by atoms with Crippen LogP contribution in [-0.2, 0) is 4.79 Å². The first kappa shape index (κ1) is 12.5. The Labute approximate surface area is 98.3 Å². The molecule has 0 aromatic carbocycles. The van der Waals surface area contributed by atoms with Gasteiger partial charge in [-0.1, -0.05) is 6.58 Å². The van der Waals surface area contributed by atoms with Crippen LogP contribution in [0.15, 0.2) is 25.0 Å². The molecule has 1 N–H and O–H groups in total. The molecule has 0 atom stereocenters. The Morgan fingerprint density at radius 3 is 3.00 bits per heavy atom. The van der Waals surface area contributed by atoms with Crippen molar-refractivity contribution in [3.05, 3.63) is 25.0 Å². The van der Waals surface area contributed by atoms with E-state index in [-0.39, 0.29) is 5.91 Å². The number of anilines is 1. The Morgan fingerprint density at radius 1 is 1.62 bits per heavy atom. The molecule has 0 aliphatic heterocycles. The molecule has 0 unspecified atom stereocenters. The minimum Gasteiger partial charge on any atom is -0.476 e. The normalized spacial score (nSPS) is 9.56. The van der Waals surface area contributed by atoms with Gasteiger partial charge in [-0.05, 0) is 12.3 Å². The molecule has 0 aliphatic rings. The summed E-state index contributed by atoms with van der Waals surface area (Å²) in [5.41, 5.74) is 0. The van der Waals surface area contributed by atoms with Crippen LogP contribution in [0, 0.1) is 0 Å². The molecule has 0 fully saturated rings. The van der Waals surface area contributed by atoms with E-state index in [1.807, 2.05) is 6.26 Å². The first-order valence-electron chi connectivity index (χ1n) is 4.63. The number of thioether (sulfide) groups is 1. The molecule has 1 rings (SSSR count). The molecule has 0 radical (unpaired) electrons. The molecule has 0 bridgehead atoms. The highest BCUT2D eigenvalue weighted by molar-refractivity contribution is 7.98. The summed E-state index contributed by atoms with van der Waals surface area (Å²) in [4.78, 5) is 18.9. The lowest BCUT2D eigenvalue weighted by molar-refractivity contribution is -0.111. The van der Waals surface area contributed by atoms with E-state index in [4.69, 9.17) is 4.74 Å². The van der Waals surface area contributed by atoms with Gasteiger partial charge in [0.25, 0.3) is 0 Å². The number of nitrogens with zero attached hydrogens (tertiary/aromatic N) is 2. The van der Waals surface area contributed by atoms with Crippen molar-refractivity contribution in [3.8, 4) is 5.88 Å². The molecule has 0 aliphatic carbocycles. The number of rotatable bonds is 6. The third-order valence-electron chi connectivity index (χ3n) is 1.60. The van der Waals surface area contributed by atoms with Crippen LogP contribution in [0.2, 0.25) is 0 Å².